The molecule has 1 amide bonds. The van der Waals surface area contributed by atoms with Crippen molar-refractivity contribution in [1.82, 2.24) is 10.3 Å². The molecule has 2 rings (SSSR count). The number of hydrogen-bond acceptors (Lipinski definition) is 5. The minimum atomic E-state index is -0.835. The van der Waals surface area contributed by atoms with Gasteiger partial charge in [0.1, 0.15) is 5.75 Å². The molecule has 2 atom stereocenters. The summed E-state index contributed by atoms with van der Waals surface area (Å²) in [5.41, 5.74) is 0. The van der Waals surface area contributed by atoms with Crippen LogP contribution in [0.1, 0.15) is 6.92 Å². The number of nitrogens with zero attached hydrogens (tertiary/aromatic N) is 1. The van der Waals surface area contributed by atoms with Crippen molar-refractivity contribution in [1.29, 1.82) is 0 Å². The number of hydrogen-bond donors (Lipinski definition) is 1. The Bertz CT molecular complexity index is 421. The van der Waals surface area contributed by atoms with Crippen LogP contribution in [-0.2, 0) is 14.3 Å². The molecule has 0 aliphatic carbocycles. The summed E-state index contributed by atoms with van der Waals surface area (Å²) in [6.07, 6.45) is 2.24. The highest BCUT2D eigenvalue weighted by atomic mass is 16.5. The summed E-state index contributed by atoms with van der Waals surface area (Å²) in [7, 11) is 0. The SMILES string of the molecule is CCOC(=O)C1NC(=O)C1Oc1cccnc1. The van der Waals surface area contributed by atoms with Gasteiger partial charge in [0.25, 0.3) is 5.91 Å². The Labute approximate surface area is 97.9 Å². The highest BCUT2D eigenvalue weighted by Gasteiger charge is 2.47. The number of pyridine rings is 1. The second kappa shape index (κ2) is 4.82. The van der Waals surface area contributed by atoms with Gasteiger partial charge in [-0.1, -0.05) is 0 Å². The Morgan fingerprint density at radius 2 is 2.41 bits per heavy atom. The highest BCUT2D eigenvalue weighted by molar-refractivity contribution is 5.99. The Balaban J connectivity index is 2.00. The van der Waals surface area contributed by atoms with Crippen molar-refractivity contribution >= 4 is 11.9 Å². The topological polar surface area (TPSA) is 77.5 Å². The Kier molecular flexibility index (Phi) is 3.22. The van der Waals surface area contributed by atoms with E-state index in [0.717, 1.165) is 0 Å². The summed E-state index contributed by atoms with van der Waals surface area (Å²) in [5, 5.41) is 2.44. The van der Waals surface area contributed by atoms with Gasteiger partial charge in [-0.25, -0.2) is 4.79 Å². The fraction of sp³-hybridized carbons (Fsp3) is 0.364. The van der Waals surface area contributed by atoms with Gasteiger partial charge in [0.2, 0.25) is 6.10 Å². The van der Waals surface area contributed by atoms with E-state index < -0.39 is 18.1 Å². The van der Waals surface area contributed by atoms with Crippen molar-refractivity contribution < 1.29 is 19.1 Å². The molecule has 17 heavy (non-hydrogen) atoms. The molecule has 1 aromatic heterocycles. The first-order chi connectivity index (χ1) is 8.22. The number of ether oxygens (including phenoxy) is 2. The van der Waals surface area contributed by atoms with Crippen molar-refractivity contribution in [3.05, 3.63) is 24.5 Å². The molecule has 1 aliphatic rings. The van der Waals surface area contributed by atoms with Crippen LogP contribution >= 0.6 is 0 Å². The maximum atomic E-state index is 11.4. The number of carbonyl (C=O) groups is 2. The highest BCUT2D eigenvalue weighted by Crippen LogP contribution is 2.17. The first-order valence-corrected chi connectivity index (χ1v) is 5.26. The lowest BCUT2D eigenvalue weighted by Crippen LogP contribution is -2.68. The summed E-state index contributed by atoms with van der Waals surface area (Å²) in [5.74, 6) is -0.366. The summed E-state index contributed by atoms with van der Waals surface area (Å²) < 4.78 is 10.2. The molecule has 90 valence electrons. The second-order valence-electron chi connectivity index (χ2n) is 3.47. The Hall–Kier alpha value is -2.11. The fourth-order valence-electron chi connectivity index (χ4n) is 1.47. The van der Waals surface area contributed by atoms with E-state index in [-0.39, 0.29) is 12.5 Å². The maximum Gasteiger partial charge on any atom is 0.333 e. The molecule has 2 unspecified atom stereocenters. The number of amides is 1. The molecule has 0 bridgehead atoms. The Morgan fingerprint density at radius 3 is 3.00 bits per heavy atom. The van der Waals surface area contributed by atoms with Gasteiger partial charge in [-0.3, -0.25) is 9.78 Å². The quantitative estimate of drug-likeness (QED) is 0.583. The smallest absolute Gasteiger partial charge is 0.333 e. The molecule has 6 nitrogen and oxygen atoms in total. The van der Waals surface area contributed by atoms with Gasteiger partial charge in [-0.2, -0.15) is 0 Å². The standard InChI is InChI=1S/C11H12N2O4/c1-2-16-11(15)8-9(10(14)13-8)17-7-4-3-5-12-6-7/h3-6,8-9H,2H2,1H3,(H,13,14). The average Bonchev–Trinajstić information content (AvgIpc) is 2.34. The number of aromatic nitrogens is 1. The molecule has 1 saturated heterocycles. The number of nitrogens with one attached hydrogen (secondary N) is 1. The molecule has 1 aromatic rings. The van der Waals surface area contributed by atoms with Crippen LogP contribution in [0.4, 0.5) is 0 Å². The van der Waals surface area contributed by atoms with Crippen LogP contribution in [0.5, 0.6) is 5.75 Å². The van der Waals surface area contributed by atoms with E-state index in [9.17, 15) is 9.59 Å². The van der Waals surface area contributed by atoms with Crippen molar-refractivity contribution in [3.63, 3.8) is 0 Å². The molecule has 0 radical (unpaired) electrons. The van der Waals surface area contributed by atoms with Crippen LogP contribution in [0, 0.1) is 0 Å². The summed E-state index contributed by atoms with van der Waals surface area (Å²) in [6.45, 7) is 1.97. The lowest BCUT2D eigenvalue weighted by molar-refractivity contribution is -0.160. The zero-order valence-electron chi connectivity index (χ0n) is 9.25. The first kappa shape index (κ1) is 11.4. The molecule has 0 aromatic carbocycles. The normalized spacial score (nSPS) is 22.3. The van der Waals surface area contributed by atoms with Crippen LogP contribution in [-0.4, -0.2) is 35.6 Å². The van der Waals surface area contributed by atoms with Gasteiger partial charge in [0.05, 0.1) is 12.8 Å². The number of carbonyl (C=O) groups excluding carboxylic acids is 2. The van der Waals surface area contributed by atoms with E-state index in [4.69, 9.17) is 9.47 Å². The predicted molar refractivity (Wildman–Crippen MR) is 57.2 cm³/mol. The van der Waals surface area contributed by atoms with E-state index in [1.54, 1.807) is 25.3 Å². The van der Waals surface area contributed by atoms with Crippen LogP contribution in [0.15, 0.2) is 24.5 Å². The lowest BCUT2D eigenvalue weighted by atomic mass is 10.0. The zero-order valence-corrected chi connectivity index (χ0v) is 9.25. The molecule has 0 saturated carbocycles. The average molecular weight is 236 g/mol. The van der Waals surface area contributed by atoms with Crippen molar-refractivity contribution in [3.8, 4) is 5.75 Å². The molecule has 1 aliphatic heterocycles. The van der Waals surface area contributed by atoms with Gasteiger partial charge in [-0.15, -0.1) is 0 Å². The summed E-state index contributed by atoms with van der Waals surface area (Å²) in [6, 6.07) is 2.62. The van der Waals surface area contributed by atoms with Crippen molar-refractivity contribution in [2.24, 2.45) is 0 Å². The number of rotatable bonds is 4. The van der Waals surface area contributed by atoms with Crippen molar-refractivity contribution in [2.75, 3.05) is 6.61 Å². The summed E-state index contributed by atoms with van der Waals surface area (Å²) in [4.78, 5) is 26.6. The maximum absolute atomic E-state index is 11.4. The van der Waals surface area contributed by atoms with Gasteiger partial charge in [0.15, 0.2) is 6.04 Å². The largest absolute Gasteiger partial charge is 0.476 e. The Morgan fingerprint density at radius 1 is 1.59 bits per heavy atom. The van der Waals surface area contributed by atoms with E-state index >= 15 is 0 Å². The number of β-lactam (4-membered cyclic amide) rings is 1. The van der Waals surface area contributed by atoms with Gasteiger partial charge >= 0.3 is 5.97 Å². The van der Waals surface area contributed by atoms with Gasteiger partial charge < -0.3 is 14.8 Å². The molecule has 2 heterocycles. The van der Waals surface area contributed by atoms with E-state index in [2.05, 4.69) is 10.3 Å². The van der Waals surface area contributed by atoms with E-state index in [0.29, 0.717) is 5.75 Å². The van der Waals surface area contributed by atoms with E-state index in [1.807, 2.05) is 0 Å². The fourth-order valence-corrected chi connectivity index (χ4v) is 1.47. The first-order valence-electron chi connectivity index (χ1n) is 5.26. The molecular formula is C11H12N2O4. The zero-order chi connectivity index (χ0) is 12.3. The van der Waals surface area contributed by atoms with Gasteiger partial charge in [0, 0.05) is 6.20 Å². The van der Waals surface area contributed by atoms with E-state index in [1.165, 1.54) is 6.20 Å². The minimum Gasteiger partial charge on any atom is -0.476 e. The van der Waals surface area contributed by atoms with Crippen molar-refractivity contribution in [2.45, 2.75) is 19.1 Å². The molecule has 6 heteroatoms. The second-order valence-corrected chi connectivity index (χ2v) is 3.47. The molecular weight excluding hydrogens is 224 g/mol. The van der Waals surface area contributed by atoms with Gasteiger partial charge in [-0.05, 0) is 19.1 Å². The third-order valence-electron chi connectivity index (χ3n) is 2.30. The lowest BCUT2D eigenvalue weighted by Gasteiger charge is -2.34. The van der Waals surface area contributed by atoms with Crippen LogP contribution in [0.2, 0.25) is 0 Å². The molecule has 1 fully saturated rings. The minimum absolute atomic E-state index is 0.269. The molecule has 1 N–H and O–H groups in total. The predicted octanol–water partition coefficient (Wildman–Crippen LogP) is -0.110. The molecule has 0 spiro atoms. The monoisotopic (exact) mass is 236 g/mol. The number of esters is 1. The third-order valence-corrected chi connectivity index (χ3v) is 2.30. The summed E-state index contributed by atoms with van der Waals surface area (Å²) >= 11 is 0. The third kappa shape index (κ3) is 2.35. The van der Waals surface area contributed by atoms with Crippen LogP contribution in [0.25, 0.3) is 0 Å². The van der Waals surface area contributed by atoms with Crippen LogP contribution < -0.4 is 10.1 Å². The van der Waals surface area contributed by atoms with Crippen LogP contribution in [0.3, 0.4) is 0 Å².